The standard InChI is InChI=1S/C22H24N4/c1-3-9-18(10-4-1)21-17-26-20-12-6-5-11-19(20)23-22(26)25(21)16-15-24-13-7-2-8-14-24/h1,3-6,9-12,17H,2,7-8,13-16H2/p+2. The lowest BCUT2D eigenvalue weighted by Gasteiger charge is -2.23. The molecule has 1 saturated heterocycles. The van der Waals surface area contributed by atoms with Crippen LogP contribution < -0.4 is 9.30 Å². The molecule has 0 spiro atoms. The van der Waals surface area contributed by atoms with E-state index < -0.39 is 0 Å². The van der Waals surface area contributed by atoms with Crippen LogP contribution in [0.2, 0.25) is 0 Å². The minimum Gasteiger partial charge on any atom is -0.332 e. The highest BCUT2D eigenvalue weighted by molar-refractivity contribution is 5.74. The number of aromatic nitrogens is 3. The van der Waals surface area contributed by atoms with Crippen molar-refractivity contribution in [3.63, 3.8) is 0 Å². The summed E-state index contributed by atoms with van der Waals surface area (Å²) in [5, 5.41) is 0. The molecule has 4 aromatic rings. The Hall–Kier alpha value is -2.59. The number of hydrogen-bond acceptors (Lipinski definition) is 0. The Kier molecular flexibility index (Phi) is 3.98. The monoisotopic (exact) mass is 346 g/mol. The third-order valence-corrected chi connectivity index (χ3v) is 5.76. The van der Waals surface area contributed by atoms with Crippen molar-refractivity contribution < 1.29 is 9.30 Å². The van der Waals surface area contributed by atoms with Gasteiger partial charge in [-0.3, -0.25) is 0 Å². The molecule has 2 aromatic carbocycles. The normalized spacial score (nSPS) is 15.8. The summed E-state index contributed by atoms with van der Waals surface area (Å²) in [5.41, 5.74) is 5.01. The molecule has 26 heavy (non-hydrogen) atoms. The zero-order valence-electron chi connectivity index (χ0n) is 15.1. The Morgan fingerprint density at radius 2 is 1.69 bits per heavy atom. The van der Waals surface area contributed by atoms with E-state index in [0.717, 1.165) is 6.54 Å². The van der Waals surface area contributed by atoms with Crippen LogP contribution in [-0.4, -0.2) is 29.2 Å². The summed E-state index contributed by atoms with van der Waals surface area (Å²) in [5.74, 6) is 1.18. The van der Waals surface area contributed by atoms with Crippen LogP contribution >= 0.6 is 0 Å². The predicted octanol–water partition coefficient (Wildman–Crippen LogP) is 2.44. The second-order valence-electron chi connectivity index (χ2n) is 7.43. The minimum atomic E-state index is 1.04. The van der Waals surface area contributed by atoms with Crippen molar-refractivity contribution in [2.45, 2.75) is 25.8 Å². The number of quaternary nitrogens is 1. The molecule has 1 aliphatic rings. The largest absolute Gasteiger partial charge is 0.368 e. The Morgan fingerprint density at radius 3 is 2.54 bits per heavy atom. The van der Waals surface area contributed by atoms with Gasteiger partial charge in [0.25, 0.3) is 0 Å². The first kappa shape index (κ1) is 15.6. The molecule has 2 N–H and O–H groups in total. The Morgan fingerprint density at radius 1 is 0.923 bits per heavy atom. The molecule has 2 aromatic heterocycles. The number of H-pyrrole nitrogens is 1. The van der Waals surface area contributed by atoms with Gasteiger partial charge in [-0.1, -0.05) is 42.5 Å². The highest BCUT2D eigenvalue weighted by Gasteiger charge is 2.23. The molecule has 3 heterocycles. The van der Waals surface area contributed by atoms with Gasteiger partial charge in [-0.25, -0.2) is 9.55 Å². The molecule has 0 bridgehead atoms. The maximum atomic E-state index is 3.64. The molecule has 0 radical (unpaired) electrons. The molecular weight excluding hydrogens is 320 g/mol. The van der Waals surface area contributed by atoms with E-state index in [1.54, 1.807) is 4.90 Å². The molecule has 132 valence electrons. The van der Waals surface area contributed by atoms with Crippen LogP contribution in [0.3, 0.4) is 0 Å². The van der Waals surface area contributed by atoms with E-state index in [9.17, 15) is 0 Å². The summed E-state index contributed by atoms with van der Waals surface area (Å²) in [7, 11) is 0. The number of aromatic amines is 1. The molecule has 0 saturated carbocycles. The van der Waals surface area contributed by atoms with E-state index in [1.165, 1.54) is 67.0 Å². The number of benzene rings is 2. The molecule has 5 rings (SSSR count). The summed E-state index contributed by atoms with van der Waals surface area (Å²) >= 11 is 0. The van der Waals surface area contributed by atoms with E-state index in [1.807, 2.05) is 0 Å². The van der Waals surface area contributed by atoms with Gasteiger partial charge in [0, 0.05) is 5.56 Å². The van der Waals surface area contributed by atoms with Gasteiger partial charge >= 0.3 is 5.78 Å². The van der Waals surface area contributed by atoms with E-state index >= 15 is 0 Å². The van der Waals surface area contributed by atoms with Gasteiger partial charge in [0.15, 0.2) is 0 Å². The number of imidazole rings is 2. The third-order valence-electron chi connectivity index (χ3n) is 5.76. The zero-order chi connectivity index (χ0) is 17.3. The smallest absolute Gasteiger partial charge is 0.332 e. The first-order valence-corrected chi connectivity index (χ1v) is 9.81. The van der Waals surface area contributed by atoms with Gasteiger partial charge in [0.05, 0.1) is 13.1 Å². The Balaban J connectivity index is 1.59. The number of piperidine rings is 1. The zero-order valence-corrected chi connectivity index (χ0v) is 15.1. The molecule has 0 unspecified atom stereocenters. The van der Waals surface area contributed by atoms with Crippen LogP contribution in [0.15, 0.2) is 60.8 Å². The van der Waals surface area contributed by atoms with Crippen molar-refractivity contribution in [2.24, 2.45) is 0 Å². The van der Waals surface area contributed by atoms with Crippen molar-refractivity contribution in [1.82, 2.24) is 9.55 Å². The van der Waals surface area contributed by atoms with Crippen molar-refractivity contribution in [1.29, 1.82) is 0 Å². The van der Waals surface area contributed by atoms with Crippen molar-refractivity contribution in [3.05, 3.63) is 60.8 Å². The minimum absolute atomic E-state index is 1.04. The third kappa shape index (κ3) is 2.71. The quantitative estimate of drug-likeness (QED) is 0.532. The fourth-order valence-corrected chi connectivity index (χ4v) is 4.36. The van der Waals surface area contributed by atoms with Crippen LogP contribution in [0.4, 0.5) is 0 Å². The predicted molar refractivity (Wildman–Crippen MR) is 104 cm³/mol. The fraction of sp³-hybridized carbons (Fsp3) is 0.318. The maximum absolute atomic E-state index is 3.64. The lowest BCUT2D eigenvalue weighted by Crippen LogP contribution is -3.13. The first-order valence-electron chi connectivity index (χ1n) is 9.81. The summed E-state index contributed by atoms with van der Waals surface area (Å²) in [6.07, 6.45) is 6.45. The van der Waals surface area contributed by atoms with Crippen molar-refractivity contribution >= 4 is 16.8 Å². The summed E-state index contributed by atoms with van der Waals surface area (Å²) in [4.78, 5) is 5.39. The Labute approximate surface area is 153 Å². The maximum Gasteiger partial charge on any atom is 0.368 e. The number of rotatable bonds is 4. The molecule has 1 fully saturated rings. The van der Waals surface area contributed by atoms with Gasteiger partial charge in [-0.2, -0.15) is 4.40 Å². The van der Waals surface area contributed by atoms with Crippen LogP contribution in [0.5, 0.6) is 0 Å². The molecule has 4 nitrogen and oxygen atoms in total. The number of hydrogen-bond donors (Lipinski definition) is 2. The van der Waals surface area contributed by atoms with Crippen LogP contribution in [0.25, 0.3) is 28.1 Å². The highest BCUT2D eigenvalue weighted by atomic mass is 15.2. The van der Waals surface area contributed by atoms with Crippen LogP contribution in [0, 0.1) is 0 Å². The molecule has 4 heteroatoms. The van der Waals surface area contributed by atoms with Crippen LogP contribution in [-0.2, 0) is 6.54 Å². The van der Waals surface area contributed by atoms with Gasteiger partial charge in [-0.05, 0) is 31.4 Å². The first-order chi connectivity index (χ1) is 12.9. The average Bonchev–Trinajstić information content (AvgIpc) is 3.24. The summed E-state index contributed by atoms with van der Waals surface area (Å²) in [6.45, 7) is 4.89. The number of likely N-dealkylation sites (tertiary alicyclic amines) is 1. The average molecular weight is 346 g/mol. The number of para-hydroxylation sites is 2. The van der Waals surface area contributed by atoms with Gasteiger partial charge in [0.1, 0.15) is 36.0 Å². The summed E-state index contributed by atoms with van der Waals surface area (Å²) < 4.78 is 4.78. The van der Waals surface area contributed by atoms with Crippen molar-refractivity contribution in [3.8, 4) is 11.3 Å². The number of fused-ring (bicyclic) bond motifs is 3. The van der Waals surface area contributed by atoms with Gasteiger partial charge in [0.2, 0.25) is 0 Å². The van der Waals surface area contributed by atoms with E-state index in [2.05, 4.69) is 74.7 Å². The van der Waals surface area contributed by atoms with Gasteiger partial charge in [-0.15, -0.1) is 0 Å². The SMILES string of the molecule is c1ccc(-c2c[n+]3c4ccccc4[nH]c3n2CC[NH+]2CCCCC2)cc1. The lowest BCUT2D eigenvalue weighted by molar-refractivity contribution is -0.905. The molecule has 1 aliphatic heterocycles. The lowest BCUT2D eigenvalue weighted by atomic mass is 10.1. The molecule has 0 amide bonds. The van der Waals surface area contributed by atoms with E-state index in [0.29, 0.717) is 0 Å². The highest BCUT2D eigenvalue weighted by Crippen LogP contribution is 2.22. The Bertz CT molecular complexity index is 1020. The second kappa shape index (κ2) is 6.61. The number of nitrogens with zero attached hydrogens (tertiary/aromatic N) is 2. The molecule has 0 atom stereocenters. The van der Waals surface area contributed by atoms with E-state index in [4.69, 9.17) is 0 Å². The van der Waals surface area contributed by atoms with Crippen LogP contribution in [0.1, 0.15) is 19.3 Å². The number of nitrogens with one attached hydrogen (secondary N) is 2. The second-order valence-corrected chi connectivity index (χ2v) is 7.43. The topological polar surface area (TPSA) is 29.3 Å². The summed E-state index contributed by atoms with van der Waals surface area (Å²) in [6, 6.07) is 19.3. The van der Waals surface area contributed by atoms with Gasteiger partial charge < -0.3 is 4.90 Å². The van der Waals surface area contributed by atoms with E-state index in [-0.39, 0.29) is 0 Å². The molecular formula is C22H26N4+2. The fourth-order valence-electron chi connectivity index (χ4n) is 4.36. The van der Waals surface area contributed by atoms with Crippen molar-refractivity contribution in [2.75, 3.05) is 19.6 Å². The molecule has 0 aliphatic carbocycles.